The van der Waals surface area contributed by atoms with Gasteiger partial charge in [0.15, 0.2) is 17.2 Å². The Hall–Kier alpha value is -4.17. The van der Waals surface area contributed by atoms with Crippen molar-refractivity contribution in [1.29, 1.82) is 0 Å². The molecule has 4 aromatic rings. The number of halogens is 1. The highest BCUT2D eigenvalue weighted by Gasteiger charge is 2.19. The number of nitrogens with one attached hydrogen (secondary N) is 1. The number of fused-ring (bicyclic) bond motifs is 1. The van der Waals surface area contributed by atoms with Crippen LogP contribution in [-0.4, -0.2) is 22.6 Å². The zero-order valence-electron chi connectivity index (χ0n) is 19.8. The average molecular weight is 488 g/mol. The molecule has 1 aliphatic heterocycles. The second-order valence-corrected chi connectivity index (χ2v) is 8.70. The Morgan fingerprint density at radius 3 is 2.56 bits per heavy atom. The summed E-state index contributed by atoms with van der Waals surface area (Å²) in [6.07, 6.45) is 1.36. The molecule has 0 saturated carbocycles. The van der Waals surface area contributed by atoms with Crippen molar-refractivity contribution < 1.29 is 23.1 Å². The van der Waals surface area contributed by atoms with Gasteiger partial charge < -0.3 is 19.2 Å². The first-order valence-electron chi connectivity index (χ1n) is 11.7. The van der Waals surface area contributed by atoms with Crippen LogP contribution in [0.4, 0.5) is 4.39 Å². The van der Waals surface area contributed by atoms with Gasteiger partial charge in [0.25, 0.3) is 5.91 Å². The van der Waals surface area contributed by atoms with Crippen molar-refractivity contribution in [3.63, 3.8) is 0 Å². The van der Waals surface area contributed by atoms with Gasteiger partial charge >= 0.3 is 0 Å². The monoisotopic (exact) mass is 487 g/mol. The van der Waals surface area contributed by atoms with Gasteiger partial charge in [-0.2, -0.15) is 0 Å². The lowest BCUT2D eigenvalue weighted by molar-refractivity contribution is 0.0934. The van der Waals surface area contributed by atoms with Gasteiger partial charge in [0.2, 0.25) is 12.7 Å². The minimum Gasteiger partial charge on any atom is -0.454 e. The lowest BCUT2D eigenvalue weighted by Crippen LogP contribution is -2.27. The molecule has 0 spiro atoms. The number of benzene rings is 3. The molecule has 0 aliphatic carbocycles. The van der Waals surface area contributed by atoms with Crippen LogP contribution in [0, 0.1) is 5.82 Å². The van der Waals surface area contributed by atoms with Gasteiger partial charge in [-0.15, -0.1) is 0 Å². The Labute approximate surface area is 208 Å². The fourth-order valence-electron chi connectivity index (χ4n) is 4.13. The molecule has 0 bridgehead atoms. The van der Waals surface area contributed by atoms with E-state index in [2.05, 4.69) is 15.2 Å². The van der Waals surface area contributed by atoms with Crippen molar-refractivity contribution in [3.8, 4) is 11.5 Å². The second kappa shape index (κ2) is 10.6. The fraction of sp³-hybridized carbons (Fsp3) is 0.214. The third kappa shape index (κ3) is 5.72. The van der Waals surface area contributed by atoms with E-state index < -0.39 is 0 Å². The van der Waals surface area contributed by atoms with Crippen molar-refractivity contribution in [2.45, 2.75) is 32.6 Å². The number of ether oxygens (including phenoxy) is 2. The largest absolute Gasteiger partial charge is 0.454 e. The average Bonchev–Trinajstić information content (AvgIpc) is 3.54. The molecule has 1 N–H and O–H groups in total. The zero-order chi connectivity index (χ0) is 24.9. The van der Waals surface area contributed by atoms with E-state index in [1.807, 2.05) is 61.5 Å². The quantitative estimate of drug-likeness (QED) is 0.348. The van der Waals surface area contributed by atoms with E-state index in [9.17, 15) is 9.18 Å². The Morgan fingerprint density at radius 2 is 1.75 bits per heavy atom. The molecule has 36 heavy (non-hydrogen) atoms. The third-order valence-electron chi connectivity index (χ3n) is 5.93. The number of nitrogens with zero attached hydrogens (tertiary/aromatic N) is 2. The van der Waals surface area contributed by atoms with Crippen molar-refractivity contribution in [3.05, 3.63) is 113 Å². The molecule has 3 aromatic carbocycles. The third-order valence-corrected chi connectivity index (χ3v) is 5.93. The molecular formula is C28H26FN3O4. The summed E-state index contributed by atoms with van der Waals surface area (Å²) in [5, 5.41) is 2.95. The topological polar surface area (TPSA) is 76.8 Å². The minimum atomic E-state index is -0.311. The lowest BCUT2D eigenvalue weighted by Gasteiger charge is -2.21. The maximum atomic E-state index is 13.8. The predicted molar refractivity (Wildman–Crippen MR) is 131 cm³/mol. The van der Waals surface area contributed by atoms with Gasteiger partial charge in [-0.3, -0.25) is 9.69 Å². The Balaban J connectivity index is 1.30. The molecule has 0 saturated heterocycles. The van der Waals surface area contributed by atoms with Crippen LogP contribution in [-0.2, 0) is 19.6 Å². The van der Waals surface area contributed by atoms with E-state index in [4.69, 9.17) is 13.9 Å². The molecule has 0 radical (unpaired) electrons. The summed E-state index contributed by atoms with van der Waals surface area (Å²) in [6, 6.07) is 21.8. The molecule has 1 aromatic heterocycles. The second-order valence-electron chi connectivity index (χ2n) is 8.70. The molecule has 1 atom stereocenters. The van der Waals surface area contributed by atoms with E-state index in [0.29, 0.717) is 37.0 Å². The van der Waals surface area contributed by atoms with Crippen LogP contribution in [0.3, 0.4) is 0 Å². The Kier molecular flexibility index (Phi) is 6.95. The summed E-state index contributed by atoms with van der Waals surface area (Å²) in [4.78, 5) is 19.2. The SMILES string of the molecule is C[C@H](NC(=O)c1coc(CN(Cc2cccc(F)c2)Cc2ccc3c(c2)OCO3)n1)c1ccccc1. The van der Waals surface area contributed by atoms with Crippen LogP contribution in [0.15, 0.2) is 83.5 Å². The van der Waals surface area contributed by atoms with Crippen LogP contribution in [0.5, 0.6) is 11.5 Å². The Morgan fingerprint density at radius 1 is 0.972 bits per heavy atom. The predicted octanol–water partition coefficient (Wildman–Crippen LogP) is 5.24. The molecule has 7 nitrogen and oxygen atoms in total. The number of hydrogen-bond acceptors (Lipinski definition) is 6. The van der Waals surface area contributed by atoms with Crippen LogP contribution in [0.2, 0.25) is 0 Å². The standard InChI is InChI=1S/C28H26FN3O4/c1-19(22-7-3-2-4-8-22)30-28(33)24-17-34-27(31-24)16-32(14-20-6-5-9-23(29)12-20)15-21-10-11-25-26(13-21)36-18-35-25/h2-13,17,19H,14-16,18H2,1H3,(H,30,33)/t19-/m0/s1. The van der Waals surface area contributed by atoms with Crippen LogP contribution >= 0.6 is 0 Å². The molecule has 0 unspecified atom stereocenters. The number of aromatic nitrogens is 1. The summed E-state index contributed by atoms with van der Waals surface area (Å²) in [6.45, 7) is 3.44. The van der Waals surface area contributed by atoms with Gasteiger partial charge in [0.05, 0.1) is 12.6 Å². The van der Waals surface area contributed by atoms with E-state index in [-0.39, 0.29) is 30.3 Å². The van der Waals surface area contributed by atoms with Crippen molar-refractivity contribution in [2.24, 2.45) is 0 Å². The zero-order valence-corrected chi connectivity index (χ0v) is 19.8. The lowest BCUT2D eigenvalue weighted by atomic mass is 10.1. The van der Waals surface area contributed by atoms with Gasteiger partial charge in [-0.1, -0.05) is 48.5 Å². The van der Waals surface area contributed by atoms with Crippen LogP contribution < -0.4 is 14.8 Å². The summed E-state index contributed by atoms with van der Waals surface area (Å²) in [7, 11) is 0. The molecule has 5 rings (SSSR count). The summed E-state index contributed by atoms with van der Waals surface area (Å²) >= 11 is 0. The maximum absolute atomic E-state index is 13.8. The van der Waals surface area contributed by atoms with E-state index in [1.165, 1.54) is 18.4 Å². The highest BCUT2D eigenvalue weighted by Crippen LogP contribution is 2.33. The first-order chi connectivity index (χ1) is 17.5. The smallest absolute Gasteiger partial charge is 0.273 e. The number of rotatable bonds is 9. The van der Waals surface area contributed by atoms with Gasteiger partial charge in [0, 0.05) is 13.1 Å². The number of carbonyl (C=O) groups excluding carboxylic acids is 1. The van der Waals surface area contributed by atoms with E-state index in [0.717, 1.165) is 16.7 Å². The van der Waals surface area contributed by atoms with Crippen molar-refractivity contribution in [1.82, 2.24) is 15.2 Å². The van der Waals surface area contributed by atoms with Gasteiger partial charge in [-0.25, -0.2) is 9.37 Å². The number of carbonyl (C=O) groups is 1. The highest BCUT2D eigenvalue weighted by molar-refractivity contribution is 5.92. The number of amides is 1. The summed E-state index contributed by atoms with van der Waals surface area (Å²) in [5.74, 6) is 1.20. The van der Waals surface area contributed by atoms with Gasteiger partial charge in [0.1, 0.15) is 12.1 Å². The first kappa shape index (κ1) is 23.6. The van der Waals surface area contributed by atoms with Crippen molar-refractivity contribution in [2.75, 3.05) is 6.79 Å². The molecule has 0 fully saturated rings. The van der Waals surface area contributed by atoms with Crippen LogP contribution in [0.25, 0.3) is 0 Å². The maximum Gasteiger partial charge on any atom is 0.273 e. The van der Waals surface area contributed by atoms with Crippen molar-refractivity contribution >= 4 is 5.91 Å². The molecule has 184 valence electrons. The Bertz CT molecular complexity index is 1340. The summed E-state index contributed by atoms with van der Waals surface area (Å²) < 4.78 is 30.4. The molecule has 1 amide bonds. The molecule has 1 aliphatic rings. The fourth-order valence-corrected chi connectivity index (χ4v) is 4.13. The molecule has 8 heteroatoms. The molecule has 2 heterocycles. The van der Waals surface area contributed by atoms with Gasteiger partial charge in [-0.05, 0) is 47.9 Å². The number of hydrogen-bond donors (Lipinski definition) is 1. The van der Waals surface area contributed by atoms with E-state index in [1.54, 1.807) is 6.07 Å². The van der Waals surface area contributed by atoms with Crippen LogP contribution in [0.1, 0.15) is 46.0 Å². The number of oxazole rings is 1. The van der Waals surface area contributed by atoms with E-state index >= 15 is 0 Å². The normalized spacial score (nSPS) is 13.1. The highest BCUT2D eigenvalue weighted by atomic mass is 19.1. The summed E-state index contributed by atoms with van der Waals surface area (Å²) in [5.41, 5.74) is 3.02. The minimum absolute atomic E-state index is 0.172. The molecular weight excluding hydrogens is 461 g/mol. The first-order valence-corrected chi connectivity index (χ1v) is 11.7.